The van der Waals surface area contributed by atoms with Crippen LogP contribution in [0.15, 0.2) is 36.7 Å². The summed E-state index contributed by atoms with van der Waals surface area (Å²) >= 11 is 1.54. The predicted octanol–water partition coefficient (Wildman–Crippen LogP) is 2.08. The van der Waals surface area contributed by atoms with Gasteiger partial charge in [-0.25, -0.2) is 0 Å². The van der Waals surface area contributed by atoms with Crippen LogP contribution >= 0.6 is 11.8 Å². The molecule has 0 saturated heterocycles. The lowest BCUT2D eigenvalue weighted by Gasteiger charge is -2.21. The number of amides is 1. The van der Waals surface area contributed by atoms with E-state index < -0.39 is 0 Å². The molecule has 0 fully saturated rings. The average Bonchev–Trinajstić information content (AvgIpc) is 2.47. The Bertz CT molecular complexity index is 594. The minimum absolute atomic E-state index is 0.0121. The van der Waals surface area contributed by atoms with Gasteiger partial charge >= 0.3 is 0 Å². The second-order valence-corrected chi connectivity index (χ2v) is 5.70. The predicted molar refractivity (Wildman–Crippen MR) is 83.1 cm³/mol. The van der Waals surface area contributed by atoms with Crippen LogP contribution in [-0.2, 0) is 0 Å². The molecule has 2 N–H and O–H groups in total. The van der Waals surface area contributed by atoms with Crippen molar-refractivity contribution < 1.29 is 9.90 Å². The molecule has 0 aliphatic rings. The third-order valence-electron chi connectivity index (χ3n) is 3.31. The Kier molecular flexibility index (Phi) is 4.98. The van der Waals surface area contributed by atoms with Crippen molar-refractivity contribution in [3.8, 4) is 0 Å². The third-order valence-corrected chi connectivity index (χ3v) is 4.47. The first kappa shape index (κ1) is 14.8. The van der Waals surface area contributed by atoms with E-state index in [0.29, 0.717) is 5.56 Å². The van der Waals surface area contributed by atoms with Crippen LogP contribution in [-0.4, -0.2) is 40.2 Å². The van der Waals surface area contributed by atoms with Gasteiger partial charge in [-0.3, -0.25) is 9.78 Å². The lowest BCUT2D eigenvalue weighted by Crippen LogP contribution is -2.41. The second kappa shape index (κ2) is 6.72. The molecule has 0 aliphatic heterocycles. The number of thioether (sulfide) groups is 1. The van der Waals surface area contributed by atoms with E-state index >= 15 is 0 Å². The number of aromatic nitrogens is 1. The van der Waals surface area contributed by atoms with Crippen LogP contribution in [0.3, 0.4) is 0 Å². The van der Waals surface area contributed by atoms with Gasteiger partial charge in [0, 0.05) is 29.1 Å². The highest BCUT2D eigenvalue weighted by Crippen LogP contribution is 2.18. The molecule has 0 saturated carbocycles. The van der Waals surface area contributed by atoms with Crippen molar-refractivity contribution in [3.05, 3.63) is 42.2 Å². The first-order valence-electron chi connectivity index (χ1n) is 6.44. The van der Waals surface area contributed by atoms with Gasteiger partial charge in [-0.1, -0.05) is 24.3 Å². The van der Waals surface area contributed by atoms with Crippen molar-refractivity contribution in [3.63, 3.8) is 0 Å². The first-order valence-corrected chi connectivity index (χ1v) is 7.73. The normalized spacial score (nSPS) is 13.9. The highest BCUT2D eigenvalue weighted by molar-refractivity contribution is 7.99. The van der Waals surface area contributed by atoms with Crippen LogP contribution in [0.1, 0.15) is 17.3 Å². The fourth-order valence-electron chi connectivity index (χ4n) is 2.11. The fraction of sp³-hybridized carbons (Fsp3) is 0.333. The maximum absolute atomic E-state index is 12.4. The van der Waals surface area contributed by atoms with Crippen molar-refractivity contribution in [2.24, 2.45) is 0 Å². The number of hydrogen-bond donors (Lipinski definition) is 2. The maximum Gasteiger partial charge on any atom is 0.253 e. The Morgan fingerprint density at radius 2 is 2.15 bits per heavy atom. The molecule has 1 amide bonds. The molecule has 5 heteroatoms. The topological polar surface area (TPSA) is 62.2 Å². The van der Waals surface area contributed by atoms with E-state index in [9.17, 15) is 9.90 Å². The summed E-state index contributed by atoms with van der Waals surface area (Å²) in [6, 6.07) is 7.56. The number of aliphatic hydroxyl groups is 1. The Morgan fingerprint density at radius 3 is 2.85 bits per heavy atom. The number of aliphatic hydroxyl groups excluding tert-OH is 1. The molecule has 2 aromatic rings. The molecule has 0 radical (unpaired) electrons. The molecule has 0 bridgehead atoms. The van der Waals surface area contributed by atoms with Crippen LogP contribution in [0, 0.1) is 0 Å². The summed E-state index contributed by atoms with van der Waals surface area (Å²) in [7, 11) is 0. The zero-order valence-corrected chi connectivity index (χ0v) is 12.4. The Balaban J connectivity index is 2.24. The summed E-state index contributed by atoms with van der Waals surface area (Å²) in [5.41, 5.74) is 0.563. The number of pyridine rings is 1. The van der Waals surface area contributed by atoms with Crippen molar-refractivity contribution in [1.29, 1.82) is 0 Å². The molecule has 2 atom stereocenters. The standard InChI is InChI=1S/C15H18N2O2S/c1-10(14(9-18)20-2)17-15(19)13-8-16-7-11-5-3-4-6-12(11)13/h3-8,10,14,18H,9H2,1-2H3,(H,17,19). The van der Waals surface area contributed by atoms with Gasteiger partial charge in [0.2, 0.25) is 0 Å². The SMILES string of the molecule is CSC(CO)C(C)NC(=O)c1cncc2ccccc12. The quantitative estimate of drug-likeness (QED) is 0.885. The molecule has 20 heavy (non-hydrogen) atoms. The Morgan fingerprint density at radius 1 is 1.40 bits per heavy atom. The number of nitrogens with one attached hydrogen (secondary N) is 1. The van der Waals surface area contributed by atoms with E-state index in [2.05, 4.69) is 10.3 Å². The smallest absolute Gasteiger partial charge is 0.253 e. The van der Waals surface area contributed by atoms with E-state index in [4.69, 9.17) is 0 Å². The van der Waals surface area contributed by atoms with Gasteiger partial charge in [0.15, 0.2) is 0 Å². The number of rotatable bonds is 5. The molecule has 0 aliphatic carbocycles. The van der Waals surface area contributed by atoms with Crippen LogP contribution in [0.25, 0.3) is 10.8 Å². The van der Waals surface area contributed by atoms with Gasteiger partial charge in [-0.05, 0) is 18.6 Å². The molecule has 4 nitrogen and oxygen atoms in total. The molecule has 106 valence electrons. The Labute approximate surface area is 122 Å². The summed E-state index contributed by atoms with van der Waals surface area (Å²) in [6.07, 6.45) is 5.24. The molecular weight excluding hydrogens is 272 g/mol. The highest BCUT2D eigenvalue weighted by atomic mass is 32.2. The van der Waals surface area contributed by atoms with Crippen LogP contribution < -0.4 is 5.32 Å². The van der Waals surface area contributed by atoms with Crippen LogP contribution in [0.4, 0.5) is 0 Å². The van der Waals surface area contributed by atoms with Crippen molar-refractivity contribution in [1.82, 2.24) is 10.3 Å². The molecule has 1 heterocycles. The number of nitrogens with zero attached hydrogens (tertiary/aromatic N) is 1. The van der Waals surface area contributed by atoms with Crippen molar-refractivity contribution in [2.75, 3.05) is 12.9 Å². The zero-order valence-electron chi connectivity index (χ0n) is 11.5. The zero-order chi connectivity index (χ0) is 14.5. The molecular formula is C15H18N2O2S. The highest BCUT2D eigenvalue weighted by Gasteiger charge is 2.19. The molecule has 2 rings (SSSR count). The van der Waals surface area contributed by atoms with E-state index in [1.54, 1.807) is 12.4 Å². The van der Waals surface area contributed by atoms with E-state index in [-0.39, 0.29) is 23.8 Å². The van der Waals surface area contributed by atoms with Crippen molar-refractivity contribution >= 4 is 28.4 Å². The van der Waals surface area contributed by atoms with Gasteiger partial charge in [0.1, 0.15) is 0 Å². The summed E-state index contributed by atoms with van der Waals surface area (Å²) in [5, 5.41) is 14.0. The van der Waals surface area contributed by atoms with Crippen LogP contribution in [0.5, 0.6) is 0 Å². The van der Waals surface area contributed by atoms with Gasteiger partial charge in [0.25, 0.3) is 5.91 Å². The largest absolute Gasteiger partial charge is 0.395 e. The van der Waals surface area contributed by atoms with Gasteiger partial charge in [-0.2, -0.15) is 11.8 Å². The molecule has 2 unspecified atom stereocenters. The minimum Gasteiger partial charge on any atom is -0.395 e. The molecule has 0 spiro atoms. The second-order valence-electron chi connectivity index (χ2n) is 4.63. The lowest BCUT2D eigenvalue weighted by molar-refractivity contribution is 0.0937. The number of benzene rings is 1. The van der Waals surface area contributed by atoms with E-state index in [1.165, 1.54) is 11.8 Å². The fourth-order valence-corrected chi connectivity index (χ4v) is 2.74. The van der Waals surface area contributed by atoms with Crippen molar-refractivity contribution in [2.45, 2.75) is 18.2 Å². The van der Waals surface area contributed by atoms with E-state index in [0.717, 1.165) is 10.8 Å². The summed E-state index contributed by atoms with van der Waals surface area (Å²) < 4.78 is 0. The number of carbonyl (C=O) groups excluding carboxylic acids is 1. The number of carbonyl (C=O) groups is 1. The number of hydrogen-bond acceptors (Lipinski definition) is 4. The van der Waals surface area contributed by atoms with E-state index in [1.807, 2.05) is 37.4 Å². The summed E-state index contributed by atoms with van der Waals surface area (Å²) in [4.78, 5) is 16.5. The number of fused-ring (bicyclic) bond motifs is 1. The van der Waals surface area contributed by atoms with Gasteiger partial charge < -0.3 is 10.4 Å². The monoisotopic (exact) mass is 290 g/mol. The summed E-state index contributed by atoms with van der Waals surface area (Å²) in [6.45, 7) is 1.93. The minimum atomic E-state index is -0.158. The lowest BCUT2D eigenvalue weighted by atomic mass is 10.1. The maximum atomic E-state index is 12.4. The molecule has 1 aromatic heterocycles. The first-order chi connectivity index (χ1) is 9.67. The van der Waals surface area contributed by atoms with Gasteiger partial charge in [0.05, 0.1) is 12.2 Å². The average molecular weight is 290 g/mol. The Hall–Kier alpha value is -1.59. The van der Waals surface area contributed by atoms with Crippen LogP contribution in [0.2, 0.25) is 0 Å². The molecule has 1 aromatic carbocycles. The third kappa shape index (κ3) is 3.11. The summed E-state index contributed by atoms with van der Waals surface area (Å²) in [5.74, 6) is -0.158. The van der Waals surface area contributed by atoms with Gasteiger partial charge in [-0.15, -0.1) is 0 Å².